The van der Waals surface area contributed by atoms with Crippen LogP contribution in [0.25, 0.3) is 11.1 Å². The van der Waals surface area contributed by atoms with Gasteiger partial charge in [0.25, 0.3) is 5.69 Å². The van der Waals surface area contributed by atoms with Crippen LogP contribution >= 0.6 is 11.6 Å². The van der Waals surface area contributed by atoms with Gasteiger partial charge in [-0.15, -0.1) is 0 Å². The van der Waals surface area contributed by atoms with E-state index >= 15 is 0 Å². The molecule has 0 saturated heterocycles. The molecule has 0 bridgehead atoms. The largest absolute Gasteiger partial charge is 0.481 e. The van der Waals surface area contributed by atoms with Crippen LogP contribution < -0.4 is 4.74 Å². The number of pyridine rings is 1. The predicted octanol–water partition coefficient (Wildman–Crippen LogP) is 4.34. The summed E-state index contributed by atoms with van der Waals surface area (Å²) in [6.45, 7) is 0. The number of halogens is 2. The van der Waals surface area contributed by atoms with Crippen LogP contribution in [0, 0.1) is 15.9 Å². The third-order valence-electron chi connectivity index (χ3n) is 3.57. The summed E-state index contributed by atoms with van der Waals surface area (Å²) in [6, 6.07) is 5.33. The standard InChI is InChI=1S/C15H12ClFN2O3/c1-22-15-11(10-6-9(16)4-5-12(10)17)7-13(19(20)21)14(18-15)8-2-3-8/h4-8H,2-3H2,1H3. The van der Waals surface area contributed by atoms with Crippen molar-refractivity contribution in [2.24, 2.45) is 0 Å². The second kappa shape index (κ2) is 5.53. The highest BCUT2D eigenvalue weighted by molar-refractivity contribution is 6.30. The minimum Gasteiger partial charge on any atom is -0.481 e. The lowest BCUT2D eigenvalue weighted by atomic mass is 10.0. The highest BCUT2D eigenvalue weighted by Gasteiger charge is 2.34. The van der Waals surface area contributed by atoms with Crippen molar-refractivity contribution in [1.82, 2.24) is 4.98 Å². The van der Waals surface area contributed by atoms with Gasteiger partial charge in [-0.25, -0.2) is 9.37 Å². The van der Waals surface area contributed by atoms with Crippen LogP contribution in [0.1, 0.15) is 24.5 Å². The third-order valence-corrected chi connectivity index (χ3v) is 3.80. The molecular formula is C15H12ClFN2O3. The second-order valence-electron chi connectivity index (χ2n) is 5.11. The number of nitro groups is 1. The fourth-order valence-corrected chi connectivity index (χ4v) is 2.53. The van der Waals surface area contributed by atoms with Gasteiger partial charge in [0.15, 0.2) is 0 Å². The molecule has 0 amide bonds. The van der Waals surface area contributed by atoms with Gasteiger partial charge in [0.1, 0.15) is 11.5 Å². The lowest BCUT2D eigenvalue weighted by Gasteiger charge is -2.11. The first-order valence-electron chi connectivity index (χ1n) is 6.70. The molecule has 3 rings (SSSR count). The zero-order valence-corrected chi connectivity index (χ0v) is 12.4. The molecule has 0 atom stereocenters. The van der Waals surface area contributed by atoms with Crippen LogP contribution in [0.5, 0.6) is 5.88 Å². The lowest BCUT2D eigenvalue weighted by Crippen LogP contribution is -2.02. The summed E-state index contributed by atoms with van der Waals surface area (Å²) in [5, 5.41) is 11.6. The van der Waals surface area contributed by atoms with E-state index in [0.29, 0.717) is 10.7 Å². The molecule has 114 valence electrons. The Morgan fingerprint density at radius 1 is 1.36 bits per heavy atom. The first kappa shape index (κ1) is 14.7. The summed E-state index contributed by atoms with van der Waals surface area (Å²) in [7, 11) is 1.40. The lowest BCUT2D eigenvalue weighted by molar-refractivity contribution is -0.385. The van der Waals surface area contributed by atoms with E-state index < -0.39 is 10.7 Å². The maximum absolute atomic E-state index is 14.1. The molecule has 1 saturated carbocycles. The van der Waals surface area contributed by atoms with Crippen LogP contribution in [-0.4, -0.2) is 17.0 Å². The van der Waals surface area contributed by atoms with E-state index in [0.717, 1.165) is 12.8 Å². The van der Waals surface area contributed by atoms with E-state index in [1.54, 1.807) is 0 Å². The molecular weight excluding hydrogens is 311 g/mol. The normalized spacial score (nSPS) is 14.0. The van der Waals surface area contributed by atoms with E-state index in [-0.39, 0.29) is 28.6 Å². The Morgan fingerprint density at radius 3 is 2.68 bits per heavy atom. The van der Waals surface area contributed by atoms with Crippen LogP contribution in [0.4, 0.5) is 10.1 Å². The van der Waals surface area contributed by atoms with E-state index in [1.807, 2.05) is 0 Å². The zero-order chi connectivity index (χ0) is 15.9. The molecule has 0 aliphatic heterocycles. The molecule has 1 heterocycles. The molecule has 7 heteroatoms. The van der Waals surface area contributed by atoms with E-state index in [2.05, 4.69) is 4.98 Å². The van der Waals surface area contributed by atoms with Crippen molar-refractivity contribution in [1.29, 1.82) is 0 Å². The highest BCUT2D eigenvalue weighted by Crippen LogP contribution is 2.46. The van der Waals surface area contributed by atoms with Gasteiger partial charge in [-0.05, 0) is 31.0 Å². The number of methoxy groups -OCH3 is 1. The summed E-state index contributed by atoms with van der Waals surface area (Å²) < 4.78 is 19.3. The number of nitrogens with zero attached hydrogens (tertiary/aromatic N) is 2. The van der Waals surface area contributed by atoms with Gasteiger partial charge in [0.05, 0.1) is 17.6 Å². The average molecular weight is 323 g/mol. The Labute approximate surface area is 130 Å². The SMILES string of the molecule is COc1nc(C2CC2)c([N+](=O)[O-])cc1-c1cc(Cl)ccc1F. The Kier molecular flexibility index (Phi) is 3.70. The van der Waals surface area contributed by atoms with Crippen molar-refractivity contribution in [3.63, 3.8) is 0 Å². The molecule has 5 nitrogen and oxygen atoms in total. The molecule has 0 unspecified atom stereocenters. The Morgan fingerprint density at radius 2 is 2.09 bits per heavy atom. The first-order valence-corrected chi connectivity index (χ1v) is 7.07. The molecule has 1 aliphatic rings. The van der Waals surface area contributed by atoms with E-state index in [1.165, 1.54) is 31.4 Å². The smallest absolute Gasteiger partial charge is 0.291 e. The summed E-state index contributed by atoms with van der Waals surface area (Å²) in [5.41, 5.74) is 0.631. The molecule has 1 aromatic heterocycles. The summed E-state index contributed by atoms with van der Waals surface area (Å²) in [4.78, 5) is 15.0. The third kappa shape index (κ3) is 2.62. The molecule has 22 heavy (non-hydrogen) atoms. The van der Waals surface area contributed by atoms with Gasteiger partial charge in [-0.1, -0.05) is 11.6 Å². The van der Waals surface area contributed by atoms with Gasteiger partial charge < -0.3 is 4.74 Å². The van der Waals surface area contributed by atoms with Crippen LogP contribution in [0.2, 0.25) is 5.02 Å². The van der Waals surface area contributed by atoms with Crippen LogP contribution in [0.15, 0.2) is 24.3 Å². The van der Waals surface area contributed by atoms with E-state index in [4.69, 9.17) is 16.3 Å². The maximum Gasteiger partial charge on any atom is 0.291 e. The fourth-order valence-electron chi connectivity index (χ4n) is 2.36. The van der Waals surface area contributed by atoms with Crippen molar-refractivity contribution >= 4 is 17.3 Å². The maximum atomic E-state index is 14.1. The van der Waals surface area contributed by atoms with Gasteiger partial charge in [-0.2, -0.15) is 0 Å². The van der Waals surface area contributed by atoms with Crippen LogP contribution in [-0.2, 0) is 0 Å². The summed E-state index contributed by atoms with van der Waals surface area (Å²) in [5.74, 6) is -0.306. The molecule has 0 spiro atoms. The Balaban J connectivity index is 2.24. The quantitative estimate of drug-likeness (QED) is 0.620. The molecule has 0 N–H and O–H groups in total. The summed E-state index contributed by atoms with van der Waals surface area (Å²) in [6.07, 6.45) is 1.73. The van der Waals surface area contributed by atoms with E-state index in [9.17, 15) is 14.5 Å². The van der Waals surface area contributed by atoms with Crippen LogP contribution in [0.3, 0.4) is 0 Å². The molecule has 2 aromatic rings. The van der Waals surface area contributed by atoms with Crippen molar-refractivity contribution in [2.45, 2.75) is 18.8 Å². The number of aromatic nitrogens is 1. The fraction of sp³-hybridized carbons (Fsp3) is 0.267. The van der Waals surface area contributed by atoms with Gasteiger partial charge >= 0.3 is 0 Å². The second-order valence-corrected chi connectivity index (χ2v) is 5.54. The predicted molar refractivity (Wildman–Crippen MR) is 79.8 cm³/mol. The number of ether oxygens (including phenoxy) is 1. The minimum absolute atomic E-state index is 0.0764. The Bertz CT molecular complexity index is 763. The topological polar surface area (TPSA) is 65.3 Å². The van der Waals surface area contributed by atoms with Crippen molar-refractivity contribution < 1.29 is 14.1 Å². The molecule has 1 fully saturated rings. The van der Waals surface area contributed by atoms with Crippen molar-refractivity contribution in [3.8, 4) is 17.0 Å². The first-order chi connectivity index (χ1) is 10.5. The van der Waals surface area contributed by atoms with Crippen molar-refractivity contribution in [2.75, 3.05) is 7.11 Å². The van der Waals surface area contributed by atoms with Crippen molar-refractivity contribution in [3.05, 3.63) is 50.9 Å². The zero-order valence-electron chi connectivity index (χ0n) is 11.7. The van der Waals surface area contributed by atoms with Gasteiger partial charge in [0.2, 0.25) is 5.88 Å². The molecule has 1 aromatic carbocycles. The van der Waals surface area contributed by atoms with Gasteiger partial charge in [-0.3, -0.25) is 10.1 Å². The number of benzene rings is 1. The Hall–Kier alpha value is -2.21. The minimum atomic E-state index is -0.544. The highest BCUT2D eigenvalue weighted by atomic mass is 35.5. The van der Waals surface area contributed by atoms with Gasteiger partial charge in [0, 0.05) is 22.6 Å². The summed E-state index contributed by atoms with van der Waals surface area (Å²) >= 11 is 5.89. The monoisotopic (exact) mass is 322 g/mol. The molecule has 1 aliphatic carbocycles. The average Bonchev–Trinajstić information content (AvgIpc) is 3.33. The number of hydrogen-bond acceptors (Lipinski definition) is 4. The number of rotatable bonds is 4. The molecule has 0 radical (unpaired) electrons. The number of hydrogen-bond donors (Lipinski definition) is 0.